The summed E-state index contributed by atoms with van der Waals surface area (Å²) in [7, 11) is 0. The van der Waals surface area contributed by atoms with Crippen LogP contribution in [-0.2, 0) is 9.47 Å². The third-order valence-electron chi connectivity index (χ3n) is 3.02. The van der Waals surface area contributed by atoms with E-state index in [4.69, 9.17) is 13.9 Å². The minimum absolute atomic E-state index is 0.179. The fourth-order valence-electron chi connectivity index (χ4n) is 2.15. The number of nitrogens with zero attached hydrogens (tertiary/aromatic N) is 2. The molecule has 1 saturated heterocycles. The molecule has 1 amide bonds. The van der Waals surface area contributed by atoms with Crippen LogP contribution in [0.4, 0.5) is 4.79 Å². The zero-order valence-corrected chi connectivity index (χ0v) is 12.9. The third kappa shape index (κ3) is 3.24. The van der Waals surface area contributed by atoms with Crippen molar-refractivity contribution in [2.75, 3.05) is 6.61 Å². The van der Waals surface area contributed by atoms with Gasteiger partial charge in [-0.1, -0.05) is 0 Å². The van der Waals surface area contributed by atoms with E-state index in [0.717, 1.165) is 0 Å². The number of oxazole rings is 1. The van der Waals surface area contributed by atoms with Gasteiger partial charge < -0.3 is 13.9 Å². The summed E-state index contributed by atoms with van der Waals surface area (Å²) in [4.78, 5) is 28.6. The quantitative estimate of drug-likeness (QED) is 0.780. The highest BCUT2D eigenvalue weighted by molar-refractivity contribution is 5.71. The van der Waals surface area contributed by atoms with Gasteiger partial charge in [-0.25, -0.2) is 9.78 Å². The van der Waals surface area contributed by atoms with Crippen LogP contribution >= 0.6 is 0 Å². The number of rotatable bonds is 2. The molecular weight excluding hydrogens is 276 g/mol. The Morgan fingerprint density at radius 3 is 2.71 bits per heavy atom. The zero-order chi connectivity index (χ0) is 15.8. The Hall–Kier alpha value is -1.89. The van der Waals surface area contributed by atoms with Crippen LogP contribution in [0.2, 0.25) is 0 Å². The smallest absolute Gasteiger partial charge is 0.413 e. The molecule has 0 bridgehead atoms. The molecule has 0 aromatic carbocycles. The summed E-state index contributed by atoms with van der Waals surface area (Å²) in [6, 6.07) is -0.524. The van der Waals surface area contributed by atoms with Gasteiger partial charge in [0, 0.05) is 0 Å². The molecule has 1 aromatic heterocycles. The van der Waals surface area contributed by atoms with Crippen LogP contribution in [0.25, 0.3) is 0 Å². The molecule has 1 atom stereocenters. The van der Waals surface area contributed by atoms with E-state index >= 15 is 0 Å². The standard InChI is InChI=1S/C14H20N2O5/c1-13(2,3)21-12(18)16-10(8-20-14(16,4)5)11-15-9(6-17)7-19-11/h6-7,10H,8H2,1-5H3. The minimum atomic E-state index is -0.844. The lowest BCUT2D eigenvalue weighted by atomic mass is 10.2. The van der Waals surface area contributed by atoms with Gasteiger partial charge in [0.25, 0.3) is 0 Å². The molecule has 7 nitrogen and oxygen atoms in total. The first kappa shape index (κ1) is 15.5. The van der Waals surface area contributed by atoms with Crippen molar-refractivity contribution < 1.29 is 23.5 Å². The minimum Gasteiger partial charge on any atom is -0.446 e. The van der Waals surface area contributed by atoms with Crippen molar-refractivity contribution in [1.82, 2.24) is 9.88 Å². The van der Waals surface area contributed by atoms with Crippen molar-refractivity contribution in [3.8, 4) is 0 Å². The van der Waals surface area contributed by atoms with Crippen LogP contribution < -0.4 is 0 Å². The lowest BCUT2D eigenvalue weighted by molar-refractivity contribution is -0.0634. The summed E-state index contributed by atoms with van der Waals surface area (Å²) in [5.74, 6) is 0.258. The lowest BCUT2D eigenvalue weighted by Crippen LogP contribution is -2.47. The van der Waals surface area contributed by atoms with E-state index in [2.05, 4.69) is 4.98 Å². The number of ether oxygens (including phenoxy) is 2. The predicted octanol–water partition coefficient (Wildman–Crippen LogP) is 2.53. The molecule has 0 N–H and O–H groups in total. The Balaban J connectivity index is 2.28. The number of hydrogen-bond donors (Lipinski definition) is 0. The van der Waals surface area contributed by atoms with Gasteiger partial charge in [0.1, 0.15) is 29.3 Å². The van der Waals surface area contributed by atoms with Crippen molar-refractivity contribution in [3.63, 3.8) is 0 Å². The average Bonchev–Trinajstić information content (AvgIpc) is 2.90. The van der Waals surface area contributed by atoms with Gasteiger partial charge in [-0.2, -0.15) is 0 Å². The molecule has 1 fully saturated rings. The number of carbonyl (C=O) groups excluding carboxylic acids is 2. The molecule has 1 unspecified atom stereocenters. The van der Waals surface area contributed by atoms with Crippen LogP contribution in [0.3, 0.4) is 0 Å². The van der Waals surface area contributed by atoms with E-state index in [1.807, 2.05) is 0 Å². The van der Waals surface area contributed by atoms with Gasteiger partial charge in [-0.3, -0.25) is 9.69 Å². The molecule has 21 heavy (non-hydrogen) atoms. The molecule has 0 saturated carbocycles. The van der Waals surface area contributed by atoms with Crippen LogP contribution in [0.15, 0.2) is 10.7 Å². The van der Waals surface area contributed by atoms with Crippen molar-refractivity contribution in [2.45, 2.75) is 52.0 Å². The average molecular weight is 296 g/mol. The lowest BCUT2D eigenvalue weighted by Gasteiger charge is -2.34. The molecule has 1 aliphatic heterocycles. The van der Waals surface area contributed by atoms with Gasteiger partial charge in [0.2, 0.25) is 5.89 Å². The van der Waals surface area contributed by atoms with E-state index < -0.39 is 23.5 Å². The van der Waals surface area contributed by atoms with Gasteiger partial charge in [-0.05, 0) is 34.6 Å². The summed E-state index contributed by atoms with van der Waals surface area (Å²) in [5, 5.41) is 0. The van der Waals surface area contributed by atoms with Gasteiger partial charge >= 0.3 is 6.09 Å². The summed E-state index contributed by atoms with van der Waals surface area (Å²) < 4.78 is 16.3. The maximum absolute atomic E-state index is 12.4. The van der Waals surface area contributed by atoms with E-state index in [-0.39, 0.29) is 18.2 Å². The molecule has 2 heterocycles. The van der Waals surface area contributed by atoms with Crippen LogP contribution in [0.5, 0.6) is 0 Å². The second kappa shape index (κ2) is 5.14. The predicted molar refractivity (Wildman–Crippen MR) is 72.7 cm³/mol. The second-order valence-corrected chi connectivity index (χ2v) is 6.35. The van der Waals surface area contributed by atoms with Crippen LogP contribution in [0.1, 0.15) is 57.0 Å². The number of amides is 1. The summed E-state index contributed by atoms with van der Waals surface area (Å²) >= 11 is 0. The molecule has 0 spiro atoms. The maximum Gasteiger partial charge on any atom is 0.413 e. The first-order valence-corrected chi connectivity index (χ1v) is 6.71. The SMILES string of the molecule is CC(C)(C)OC(=O)N1C(c2nc(C=O)co2)COC1(C)C. The summed E-state index contributed by atoms with van der Waals surface area (Å²) in [6.07, 6.45) is 1.33. The topological polar surface area (TPSA) is 81.9 Å². The van der Waals surface area contributed by atoms with E-state index in [0.29, 0.717) is 6.29 Å². The monoisotopic (exact) mass is 296 g/mol. The van der Waals surface area contributed by atoms with Gasteiger partial charge in [-0.15, -0.1) is 0 Å². The molecule has 1 aromatic rings. The van der Waals surface area contributed by atoms with Crippen LogP contribution in [-0.4, -0.2) is 40.2 Å². The first-order valence-electron chi connectivity index (χ1n) is 6.71. The van der Waals surface area contributed by atoms with E-state index in [9.17, 15) is 9.59 Å². The second-order valence-electron chi connectivity index (χ2n) is 6.35. The van der Waals surface area contributed by atoms with Crippen molar-refractivity contribution >= 4 is 12.4 Å². The van der Waals surface area contributed by atoms with E-state index in [1.54, 1.807) is 34.6 Å². The number of aldehydes is 1. The van der Waals surface area contributed by atoms with Crippen molar-refractivity contribution in [3.05, 3.63) is 17.8 Å². The molecule has 0 aliphatic carbocycles. The van der Waals surface area contributed by atoms with Crippen molar-refractivity contribution in [1.29, 1.82) is 0 Å². The van der Waals surface area contributed by atoms with Crippen molar-refractivity contribution in [2.24, 2.45) is 0 Å². The Morgan fingerprint density at radius 1 is 1.52 bits per heavy atom. The third-order valence-corrected chi connectivity index (χ3v) is 3.02. The molecule has 1 aliphatic rings. The summed E-state index contributed by atoms with van der Waals surface area (Å²) in [5.41, 5.74) is -1.29. The number of aromatic nitrogens is 1. The number of carbonyl (C=O) groups is 2. The molecule has 7 heteroatoms. The Labute approximate surface area is 123 Å². The summed E-state index contributed by atoms with van der Waals surface area (Å²) in [6.45, 7) is 9.13. The molecule has 0 radical (unpaired) electrons. The van der Waals surface area contributed by atoms with Gasteiger partial charge in [0.05, 0.1) is 6.61 Å². The highest BCUT2D eigenvalue weighted by atomic mass is 16.6. The molecule has 116 valence electrons. The Morgan fingerprint density at radius 2 is 2.19 bits per heavy atom. The Bertz CT molecular complexity index is 544. The fourth-order valence-corrected chi connectivity index (χ4v) is 2.15. The first-order chi connectivity index (χ1) is 9.64. The molecule has 2 rings (SSSR count). The van der Waals surface area contributed by atoms with Crippen LogP contribution in [0, 0.1) is 0 Å². The van der Waals surface area contributed by atoms with Gasteiger partial charge in [0.15, 0.2) is 6.29 Å². The highest BCUT2D eigenvalue weighted by Gasteiger charge is 2.48. The zero-order valence-electron chi connectivity index (χ0n) is 12.9. The highest BCUT2D eigenvalue weighted by Crippen LogP contribution is 2.37. The normalized spacial score (nSPS) is 21.4. The Kier molecular flexibility index (Phi) is 3.79. The maximum atomic E-state index is 12.4. The fraction of sp³-hybridized carbons (Fsp3) is 0.643. The largest absolute Gasteiger partial charge is 0.446 e. The number of hydrogen-bond acceptors (Lipinski definition) is 6. The molecular formula is C14H20N2O5. The van der Waals surface area contributed by atoms with E-state index in [1.165, 1.54) is 11.2 Å².